The van der Waals surface area contributed by atoms with E-state index in [-0.39, 0.29) is 11.8 Å². The molecule has 0 saturated carbocycles. The number of rotatable bonds is 3. The Bertz CT molecular complexity index is 198. The van der Waals surface area contributed by atoms with E-state index in [2.05, 4.69) is 27.7 Å². The number of carbonyl (C=O) groups is 1. The van der Waals surface area contributed by atoms with Gasteiger partial charge in [-0.15, -0.1) is 0 Å². The fraction of sp³-hybridized carbons (Fsp3) is 0.917. The lowest BCUT2D eigenvalue weighted by atomic mass is 9.78. The van der Waals surface area contributed by atoms with Crippen LogP contribution in [0.15, 0.2) is 0 Å². The van der Waals surface area contributed by atoms with E-state index < -0.39 is 0 Å². The summed E-state index contributed by atoms with van der Waals surface area (Å²) >= 11 is 0. The van der Waals surface area contributed by atoms with Crippen LogP contribution in [0, 0.1) is 23.7 Å². The fourth-order valence-electron chi connectivity index (χ4n) is 1.97. The van der Waals surface area contributed by atoms with E-state index in [0.29, 0.717) is 17.6 Å². The van der Waals surface area contributed by atoms with E-state index in [1.807, 2.05) is 0 Å². The van der Waals surface area contributed by atoms with Crippen LogP contribution in [-0.4, -0.2) is 19.0 Å². The third-order valence-electron chi connectivity index (χ3n) is 3.46. The van der Waals surface area contributed by atoms with Crippen molar-refractivity contribution in [2.75, 3.05) is 13.2 Å². The monoisotopic (exact) mass is 198 g/mol. The zero-order chi connectivity index (χ0) is 10.7. The van der Waals surface area contributed by atoms with Crippen molar-refractivity contribution in [2.24, 2.45) is 23.7 Å². The maximum Gasteiger partial charge on any atom is 0.139 e. The van der Waals surface area contributed by atoms with Gasteiger partial charge in [-0.3, -0.25) is 4.79 Å². The molecule has 0 aliphatic carbocycles. The van der Waals surface area contributed by atoms with Gasteiger partial charge in [-0.1, -0.05) is 27.7 Å². The number of ketones is 1. The molecule has 1 heterocycles. The van der Waals surface area contributed by atoms with Crippen LogP contribution in [0.2, 0.25) is 0 Å². The summed E-state index contributed by atoms with van der Waals surface area (Å²) in [6.45, 7) is 9.91. The van der Waals surface area contributed by atoms with Crippen LogP contribution in [0.25, 0.3) is 0 Å². The van der Waals surface area contributed by atoms with Crippen LogP contribution in [0.1, 0.15) is 34.1 Å². The van der Waals surface area contributed by atoms with Gasteiger partial charge in [-0.2, -0.15) is 0 Å². The minimum absolute atomic E-state index is 0.195. The normalized spacial score (nSPS) is 30.4. The molecule has 0 radical (unpaired) electrons. The first kappa shape index (κ1) is 11.7. The molecule has 1 fully saturated rings. The Morgan fingerprint density at radius 3 is 2.50 bits per heavy atom. The molecular weight excluding hydrogens is 176 g/mol. The van der Waals surface area contributed by atoms with Crippen molar-refractivity contribution in [1.82, 2.24) is 0 Å². The molecule has 0 bridgehead atoms. The Morgan fingerprint density at radius 1 is 1.36 bits per heavy atom. The number of carbonyl (C=O) groups excluding carboxylic acids is 1. The highest BCUT2D eigenvalue weighted by Gasteiger charge is 2.31. The first-order valence-electron chi connectivity index (χ1n) is 5.65. The third kappa shape index (κ3) is 2.57. The van der Waals surface area contributed by atoms with Gasteiger partial charge in [0.15, 0.2) is 0 Å². The second kappa shape index (κ2) is 4.92. The Kier molecular flexibility index (Phi) is 4.11. The van der Waals surface area contributed by atoms with Crippen molar-refractivity contribution in [3.63, 3.8) is 0 Å². The smallest absolute Gasteiger partial charge is 0.139 e. The molecule has 1 rings (SSSR count). The Morgan fingerprint density at radius 2 is 2.00 bits per heavy atom. The van der Waals surface area contributed by atoms with E-state index in [4.69, 9.17) is 4.74 Å². The zero-order valence-electron chi connectivity index (χ0n) is 9.75. The summed E-state index contributed by atoms with van der Waals surface area (Å²) in [5.41, 5.74) is 0. The topological polar surface area (TPSA) is 26.3 Å². The summed E-state index contributed by atoms with van der Waals surface area (Å²) in [7, 11) is 0. The summed E-state index contributed by atoms with van der Waals surface area (Å²) in [5.74, 6) is 1.73. The molecule has 1 aliphatic rings. The van der Waals surface area contributed by atoms with Crippen molar-refractivity contribution in [3.8, 4) is 0 Å². The fourth-order valence-corrected chi connectivity index (χ4v) is 1.97. The predicted octanol–water partition coefficient (Wildman–Crippen LogP) is 2.52. The van der Waals surface area contributed by atoms with Gasteiger partial charge in [0.25, 0.3) is 0 Å². The molecule has 0 aromatic rings. The van der Waals surface area contributed by atoms with Crippen LogP contribution in [0.4, 0.5) is 0 Å². The minimum atomic E-state index is 0.195. The van der Waals surface area contributed by atoms with E-state index in [9.17, 15) is 4.79 Å². The first-order valence-corrected chi connectivity index (χ1v) is 5.65. The van der Waals surface area contributed by atoms with Crippen LogP contribution in [-0.2, 0) is 9.53 Å². The minimum Gasteiger partial charge on any atom is -0.381 e. The molecule has 0 aromatic carbocycles. The van der Waals surface area contributed by atoms with Crippen LogP contribution >= 0.6 is 0 Å². The molecule has 3 atom stereocenters. The average Bonchev–Trinajstić information content (AvgIpc) is 2.16. The third-order valence-corrected chi connectivity index (χ3v) is 3.46. The molecule has 0 amide bonds. The number of hydrogen-bond acceptors (Lipinski definition) is 2. The van der Waals surface area contributed by atoms with E-state index in [1.165, 1.54) is 0 Å². The van der Waals surface area contributed by atoms with E-state index >= 15 is 0 Å². The molecule has 82 valence electrons. The summed E-state index contributed by atoms with van der Waals surface area (Å²) in [5, 5.41) is 0. The largest absolute Gasteiger partial charge is 0.381 e. The highest BCUT2D eigenvalue weighted by Crippen LogP contribution is 2.27. The molecule has 1 saturated heterocycles. The number of ether oxygens (including phenoxy) is 1. The summed E-state index contributed by atoms with van der Waals surface area (Å²) in [4.78, 5) is 12.1. The van der Waals surface area contributed by atoms with Crippen molar-refractivity contribution < 1.29 is 9.53 Å². The van der Waals surface area contributed by atoms with Crippen molar-refractivity contribution >= 4 is 5.78 Å². The molecule has 2 nitrogen and oxygen atoms in total. The summed E-state index contributed by atoms with van der Waals surface area (Å²) in [6, 6.07) is 0. The second-order valence-corrected chi connectivity index (χ2v) is 4.88. The molecule has 1 aliphatic heterocycles. The maximum absolute atomic E-state index is 12.1. The Hall–Kier alpha value is -0.370. The van der Waals surface area contributed by atoms with Crippen molar-refractivity contribution in [1.29, 1.82) is 0 Å². The molecular formula is C12H22O2. The average molecular weight is 198 g/mol. The number of Topliss-reactive ketones (excluding diaryl/α,β-unsaturated/α-hetero) is 1. The summed E-state index contributed by atoms with van der Waals surface area (Å²) in [6.07, 6.45) is 0.914. The van der Waals surface area contributed by atoms with Gasteiger partial charge >= 0.3 is 0 Å². The maximum atomic E-state index is 12.1. The highest BCUT2D eigenvalue weighted by atomic mass is 16.5. The zero-order valence-corrected chi connectivity index (χ0v) is 9.75. The van der Waals surface area contributed by atoms with Crippen LogP contribution < -0.4 is 0 Å². The molecule has 3 unspecified atom stereocenters. The van der Waals surface area contributed by atoms with Gasteiger partial charge in [-0.05, 0) is 18.3 Å². The highest BCUT2D eigenvalue weighted by molar-refractivity contribution is 5.83. The van der Waals surface area contributed by atoms with Gasteiger partial charge in [-0.25, -0.2) is 0 Å². The molecule has 14 heavy (non-hydrogen) atoms. The standard InChI is InChI=1S/C12H22O2/c1-8(2)10(4)12(13)11-5-6-14-7-9(11)3/h8-11H,5-7H2,1-4H3. The molecule has 0 aromatic heterocycles. The second-order valence-electron chi connectivity index (χ2n) is 4.88. The van der Waals surface area contributed by atoms with Gasteiger partial charge in [0, 0.05) is 25.0 Å². The van der Waals surface area contributed by atoms with Gasteiger partial charge in [0.1, 0.15) is 5.78 Å². The SMILES string of the molecule is CC(C)C(C)C(=O)C1CCOCC1C. The lowest BCUT2D eigenvalue weighted by Gasteiger charge is -2.30. The molecule has 2 heteroatoms. The quantitative estimate of drug-likeness (QED) is 0.696. The van der Waals surface area contributed by atoms with Gasteiger partial charge in [0.2, 0.25) is 0 Å². The lowest BCUT2D eigenvalue weighted by Crippen LogP contribution is -2.35. The van der Waals surface area contributed by atoms with E-state index in [0.717, 1.165) is 19.6 Å². The number of hydrogen-bond donors (Lipinski definition) is 0. The summed E-state index contributed by atoms with van der Waals surface area (Å²) < 4.78 is 5.35. The van der Waals surface area contributed by atoms with Crippen molar-refractivity contribution in [3.05, 3.63) is 0 Å². The van der Waals surface area contributed by atoms with Gasteiger partial charge < -0.3 is 4.74 Å². The molecule has 0 spiro atoms. The van der Waals surface area contributed by atoms with E-state index in [1.54, 1.807) is 0 Å². The lowest BCUT2D eigenvalue weighted by molar-refractivity contribution is -0.133. The Labute approximate surface area is 87.0 Å². The van der Waals surface area contributed by atoms with Gasteiger partial charge in [0.05, 0.1) is 0 Å². The molecule has 0 N–H and O–H groups in total. The van der Waals surface area contributed by atoms with Crippen molar-refractivity contribution in [2.45, 2.75) is 34.1 Å². The van der Waals surface area contributed by atoms with Crippen LogP contribution in [0.5, 0.6) is 0 Å². The first-order chi connectivity index (χ1) is 6.54. The van der Waals surface area contributed by atoms with Crippen LogP contribution in [0.3, 0.4) is 0 Å². The predicted molar refractivity (Wildman–Crippen MR) is 57.1 cm³/mol. The Balaban J connectivity index is 2.58.